The van der Waals surface area contributed by atoms with Gasteiger partial charge in [0, 0.05) is 38.6 Å². The van der Waals surface area contributed by atoms with Crippen LogP contribution in [0.4, 0.5) is 0 Å². The van der Waals surface area contributed by atoms with Crippen LogP contribution in [0.15, 0.2) is 66.7 Å². The van der Waals surface area contributed by atoms with Crippen molar-refractivity contribution in [3.63, 3.8) is 0 Å². The first-order valence-corrected chi connectivity index (χ1v) is 12.8. The fourth-order valence-corrected chi connectivity index (χ4v) is 5.79. The number of benzene rings is 3. The highest BCUT2D eigenvalue weighted by atomic mass is 16.5. The molecular formula is C30H38N2O2. The monoisotopic (exact) mass is 458 g/mol. The zero-order valence-electron chi connectivity index (χ0n) is 20.6. The fraction of sp³-hybridized carbons (Fsp3) is 0.467. The van der Waals surface area contributed by atoms with Crippen LogP contribution in [-0.4, -0.2) is 60.8 Å². The van der Waals surface area contributed by atoms with Crippen LogP contribution in [0.5, 0.6) is 0 Å². The molecule has 3 unspecified atom stereocenters. The van der Waals surface area contributed by atoms with Crippen molar-refractivity contribution in [3.8, 4) is 0 Å². The Morgan fingerprint density at radius 3 is 2.53 bits per heavy atom. The number of aryl methyl sites for hydroxylation is 1. The van der Waals surface area contributed by atoms with Gasteiger partial charge >= 0.3 is 0 Å². The van der Waals surface area contributed by atoms with E-state index in [1.165, 1.54) is 21.9 Å². The summed E-state index contributed by atoms with van der Waals surface area (Å²) in [6.45, 7) is 8.00. The third-order valence-corrected chi connectivity index (χ3v) is 7.96. The lowest BCUT2D eigenvalue weighted by atomic mass is 9.70. The molecule has 0 bridgehead atoms. The van der Waals surface area contributed by atoms with Gasteiger partial charge < -0.3 is 19.6 Å². The van der Waals surface area contributed by atoms with E-state index in [1.807, 2.05) is 0 Å². The SMILES string of the molecule is Cc1cccc(COC2CCC(O)(c3ccc4ccccc4c3)C(CN3CCN(C)CC3)C2)c1. The van der Waals surface area contributed by atoms with E-state index in [4.69, 9.17) is 4.74 Å². The van der Waals surface area contributed by atoms with Crippen molar-refractivity contribution in [1.29, 1.82) is 0 Å². The van der Waals surface area contributed by atoms with Crippen molar-refractivity contribution in [2.24, 2.45) is 5.92 Å². The molecule has 2 fully saturated rings. The minimum absolute atomic E-state index is 0.147. The summed E-state index contributed by atoms with van der Waals surface area (Å²) in [5, 5.41) is 14.6. The van der Waals surface area contributed by atoms with Crippen LogP contribution >= 0.6 is 0 Å². The fourth-order valence-electron chi connectivity index (χ4n) is 5.79. The number of rotatable bonds is 6. The summed E-state index contributed by atoms with van der Waals surface area (Å²) >= 11 is 0. The van der Waals surface area contributed by atoms with Gasteiger partial charge in [-0.2, -0.15) is 0 Å². The molecule has 0 radical (unpaired) electrons. The quantitative estimate of drug-likeness (QED) is 0.566. The number of ether oxygens (including phenoxy) is 1. The molecule has 1 N–H and O–H groups in total. The molecule has 3 atom stereocenters. The number of piperazine rings is 1. The molecule has 2 aliphatic rings. The van der Waals surface area contributed by atoms with E-state index < -0.39 is 5.60 Å². The molecule has 5 rings (SSSR count). The molecule has 180 valence electrons. The van der Waals surface area contributed by atoms with Crippen molar-refractivity contribution in [1.82, 2.24) is 9.80 Å². The second-order valence-electron chi connectivity index (χ2n) is 10.5. The van der Waals surface area contributed by atoms with E-state index >= 15 is 0 Å². The normalized spacial score (nSPS) is 26.7. The maximum Gasteiger partial charge on any atom is 0.0938 e. The Hall–Kier alpha value is -2.24. The molecule has 0 spiro atoms. The van der Waals surface area contributed by atoms with Crippen LogP contribution < -0.4 is 0 Å². The van der Waals surface area contributed by atoms with Crippen LogP contribution in [0.25, 0.3) is 10.8 Å². The Morgan fingerprint density at radius 2 is 1.74 bits per heavy atom. The predicted octanol–water partition coefficient (Wildman–Crippen LogP) is 4.97. The molecule has 1 aliphatic heterocycles. The lowest BCUT2D eigenvalue weighted by Crippen LogP contribution is -2.52. The summed E-state index contributed by atoms with van der Waals surface area (Å²) in [7, 11) is 2.19. The molecule has 1 saturated heterocycles. The molecule has 4 heteroatoms. The zero-order chi connectivity index (χ0) is 23.5. The van der Waals surface area contributed by atoms with Crippen molar-refractivity contribution < 1.29 is 9.84 Å². The number of likely N-dealkylation sites (N-methyl/N-ethyl adjacent to an activating group) is 1. The minimum Gasteiger partial charge on any atom is -0.385 e. The van der Waals surface area contributed by atoms with E-state index in [0.717, 1.165) is 57.5 Å². The summed E-state index contributed by atoms with van der Waals surface area (Å²) in [5.74, 6) is 0.147. The lowest BCUT2D eigenvalue weighted by molar-refractivity contribution is -0.114. The average Bonchev–Trinajstić information content (AvgIpc) is 2.85. The third-order valence-electron chi connectivity index (χ3n) is 7.96. The molecule has 4 nitrogen and oxygen atoms in total. The van der Waals surface area contributed by atoms with Crippen molar-refractivity contribution >= 4 is 10.8 Å². The molecule has 3 aromatic rings. The van der Waals surface area contributed by atoms with Gasteiger partial charge in [-0.25, -0.2) is 0 Å². The largest absolute Gasteiger partial charge is 0.385 e. The van der Waals surface area contributed by atoms with E-state index in [-0.39, 0.29) is 12.0 Å². The van der Waals surface area contributed by atoms with Gasteiger partial charge in [-0.1, -0.05) is 66.2 Å². The zero-order valence-corrected chi connectivity index (χ0v) is 20.6. The smallest absolute Gasteiger partial charge is 0.0938 e. The maximum atomic E-state index is 12.2. The first kappa shape index (κ1) is 23.5. The molecule has 1 saturated carbocycles. The van der Waals surface area contributed by atoms with Gasteiger partial charge in [-0.3, -0.25) is 0 Å². The summed E-state index contributed by atoms with van der Waals surface area (Å²) in [6, 6.07) is 23.5. The number of nitrogens with zero attached hydrogens (tertiary/aromatic N) is 2. The summed E-state index contributed by atoms with van der Waals surface area (Å²) < 4.78 is 6.42. The number of fused-ring (bicyclic) bond motifs is 1. The molecule has 0 aromatic heterocycles. The maximum absolute atomic E-state index is 12.2. The van der Waals surface area contributed by atoms with E-state index in [1.54, 1.807) is 0 Å². The average molecular weight is 459 g/mol. The lowest BCUT2D eigenvalue weighted by Gasteiger charge is -2.46. The molecule has 1 heterocycles. The predicted molar refractivity (Wildman–Crippen MR) is 139 cm³/mol. The molecule has 1 aliphatic carbocycles. The first-order chi connectivity index (χ1) is 16.5. The third kappa shape index (κ3) is 5.21. The van der Waals surface area contributed by atoms with E-state index in [9.17, 15) is 5.11 Å². The number of hydrogen-bond acceptors (Lipinski definition) is 4. The Balaban J connectivity index is 1.36. The van der Waals surface area contributed by atoms with Gasteiger partial charge in [0.05, 0.1) is 18.3 Å². The Labute approximate surface area is 204 Å². The van der Waals surface area contributed by atoms with Crippen LogP contribution in [-0.2, 0) is 16.9 Å². The van der Waals surface area contributed by atoms with Crippen LogP contribution in [0.3, 0.4) is 0 Å². The first-order valence-electron chi connectivity index (χ1n) is 12.8. The van der Waals surface area contributed by atoms with Crippen LogP contribution in [0.2, 0.25) is 0 Å². The van der Waals surface area contributed by atoms with E-state index in [0.29, 0.717) is 6.61 Å². The molecule has 34 heavy (non-hydrogen) atoms. The number of aliphatic hydroxyl groups is 1. The minimum atomic E-state index is -0.823. The standard InChI is InChI=1S/C30H38N2O2/c1-23-6-5-7-24(18-23)22-34-29-12-13-30(33,27-11-10-25-8-3-4-9-26(25)19-27)28(20-29)21-32-16-14-31(2)15-17-32/h3-11,18-19,28-29,33H,12-17,20-22H2,1-2H3. The second-order valence-corrected chi connectivity index (χ2v) is 10.5. The molecule has 3 aromatic carbocycles. The Kier molecular flexibility index (Phi) is 7.03. The summed E-state index contributed by atoms with van der Waals surface area (Å²) in [6.07, 6.45) is 2.69. The Morgan fingerprint density at radius 1 is 0.941 bits per heavy atom. The van der Waals surface area contributed by atoms with Gasteiger partial charge in [0.2, 0.25) is 0 Å². The van der Waals surface area contributed by atoms with Crippen molar-refractivity contribution in [2.45, 2.75) is 44.5 Å². The van der Waals surface area contributed by atoms with Crippen molar-refractivity contribution in [2.75, 3.05) is 39.8 Å². The van der Waals surface area contributed by atoms with Gasteiger partial charge in [0.1, 0.15) is 0 Å². The van der Waals surface area contributed by atoms with Gasteiger partial charge in [-0.15, -0.1) is 0 Å². The van der Waals surface area contributed by atoms with Gasteiger partial charge in [-0.05, 0) is 61.2 Å². The Bertz CT molecular complexity index is 1110. The van der Waals surface area contributed by atoms with Crippen molar-refractivity contribution in [3.05, 3.63) is 83.4 Å². The molecule has 0 amide bonds. The van der Waals surface area contributed by atoms with Gasteiger partial charge in [0.25, 0.3) is 0 Å². The van der Waals surface area contributed by atoms with Crippen LogP contribution in [0, 0.1) is 12.8 Å². The van der Waals surface area contributed by atoms with E-state index in [2.05, 4.69) is 90.5 Å². The highest BCUT2D eigenvalue weighted by molar-refractivity contribution is 5.83. The topological polar surface area (TPSA) is 35.9 Å². The second kappa shape index (κ2) is 10.2. The summed E-state index contributed by atoms with van der Waals surface area (Å²) in [4.78, 5) is 4.93. The summed E-state index contributed by atoms with van der Waals surface area (Å²) in [5.41, 5.74) is 2.73. The highest BCUT2D eigenvalue weighted by Gasteiger charge is 2.44. The molecular weight excluding hydrogens is 420 g/mol. The van der Waals surface area contributed by atoms with Gasteiger partial charge in [0.15, 0.2) is 0 Å². The highest BCUT2D eigenvalue weighted by Crippen LogP contribution is 2.44. The number of hydrogen-bond donors (Lipinski definition) is 1. The van der Waals surface area contributed by atoms with Crippen LogP contribution in [0.1, 0.15) is 36.0 Å².